The number of aliphatic hydroxyl groups is 1. The molecule has 0 radical (unpaired) electrons. The van der Waals surface area contributed by atoms with E-state index in [1.54, 1.807) is 20.9 Å². The Kier molecular flexibility index (Phi) is 2.80. The molecule has 1 atom stereocenters. The summed E-state index contributed by atoms with van der Waals surface area (Å²) in [6.45, 7) is 3.52. The van der Waals surface area contributed by atoms with Gasteiger partial charge in [-0.2, -0.15) is 0 Å². The number of nitrogens with zero attached hydrogens (tertiary/aromatic N) is 1. The summed E-state index contributed by atoms with van der Waals surface area (Å²) in [6, 6.07) is 0. The van der Waals surface area contributed by atoms with Gasteiger partial charge in [-0.25, -0.2) is 0 Å². The maximum atomic E-state index is 11.5. The van der Waals surface area contributed by atoms with Crippen LogP contribution in [-0.4, -0.2) is 47.6 Å². The van der Waals surface area contributed by atoms with Crippen LogP contribution < -0.4 is 5.32 Å². The Hall–Kier alpha value is -1.10. The van der Waals surface area contributed by atoms with Gasteiger partial charge in [0.2, 0.25) is 5.91 Å². The SMILES string of the molecule is CC(C)C1(O)CN(C)C(=O)CNC1=O. The van der Waals surface area contributed by atoms with Gasteiger partial charge in [-0.15, -0.1) is 0 Å². The number of hydrogen-bond acceptors (Lipinski definition) is 3. The molecule has 1 aliphatic rings. The second-order valence-corrected chi connectivity index (χ2v) is 4.01. The van der Waals surface area contributed by atoms with Gasteiger partial charge in [0.15, 0.2) is 5.60 Å². The van der Waals surface area contributed by atoms with Crippen molar-refractivity contribution in [3.8, 4) is 0 Å². The summed E-state index contributed by atoms with van der Waals surface area (Å²) in [7, 11) is 1.58. The highest BCUT2D eigenvalue weighted by Crippen LogP contribution is 2.20. The minimum atomic E-state index is -1.47. The number of likely N-dealkylation sites (N-methyl/N-ethyl adjacent to an activating group) is 1. The summed E-state index contributed by atoms with van der Waals surface area (Å²) >= 11 is 0. The van der Waals surface area contributed by atoms with Crippen LogP contribution in [-0.2, 0) is 9.59 Å². The molecule has 0 aromatic rings. The van der Waals surface area contributed by atoms with E-state index in [-0.39, 0.29) is 24.9 Å². The normalized spacial score (nSPS) is 29.1. The Morgan fingerprint density at radius 2 is 2.07 bits per heavy atom. The maximum Gasteiger partial charge on any atom is 0.254 e. The van der Waals surface area contributed by atoms with E-state index in [0.717, 1.165) is 0 Å². The molecule has 1 saturated heterocycles. The molecular weight excluding hydrogens is 184 g/mol. The number of nitrogens with one attached hydrogen (secondary N) is 1. The number of rotatable bonds is 1. The largest absolute Gasteiger partial charge is 0.378 e. The van der Waals surface area contributed by atoms with Crippen LogP contribution in [0.5, 0.6) is 0 Å². The van der Waals surface area contributed by atoms with Gasteiger partial charge in [0, 0.05) is 7.05 Å². The number of amides is 2. The monoisotopic (exact) mass is 200 g/mol. The van der Waals surface area contributed by atoms with Gasteiger partial charge >= 0.3 is 0 Å². The third kappa shape index (κ3) is 1.72. The summed E-state index contributed by atoms with van der Waals surface area (Å²) in [4.78, 5) is 24.2. The van der Waals surface area contributed by atoms with Crippen LogP contribution in [0, 0.1) is 5.92 Å². The van der Waals surface area contributed by atoms with Gasteiger partial charge in [0.25, 0.3) is 5.91 Å². The molecule has 0 aromatic carbocycles. The smallest absolute Gasteiger partial charge is 0.254 e. The van der Waals surface area contributed by atoms with E-state index in [2.05, 4.69) is 5.32 Å². The van der Waals surface area contributed by atoms with Crippen LogP contribution >= 0.6 is 0 Å². The van der Waals surface area contributed by atoms with Gasteiger partial charge in [-0.3, -0.25) is 9.59 Å². The Balaban J connectivity index is 2.94. The molecular formula is C9H16N2O3. The first-order valence-corrected chi connectivity index (χ1v) is 4.62. The van der Waals surface area contributed by atoms with Crippen molar-refractivity contribution in [1.82, 2.24) is 10.2 Å². The molecule has 1 aliphatic heterocycles. The quantitative estimate of drug-likeness (QED) is 0.568. The molecule has 5 nitrogen and oxygen atoms in total. The highest BCUT2D eigenvalue weighted by molar-refractivity contribution is 5.92. The molecule has 0 aromatic heterocycles. The van der Waals surface area contributed by atoms with E-state index < -0.39 is 11.5 Å². The van der Waals surface area contributed by atoms with Crippen molar-refractivity contribution in [2.45, 2.75) is 19.4 Å². The van der Waals surface area contributed by atoms with Crippen molar-refractivity contribution in [2.24, 2.45) is 5.92 Å². The second kappa shape index (κ2) is 3.57. The van der Waals surface area contributed by atoms with E-state index in [1.165, 1.54) is 4.90 Å². The Bertz CT molecular complexity index is 265. The minimum Gasteiger partial charge on any atom is -0.378 e. The first kappa shape index (κ1) is 11.0. The fraction of sp³-hybridized carbons (Fsp3) is 0.778. The highest BCUT2D eigenvalue weighted by Gasteiger charge is 2.43. The molecule has 0 spiro atoms. The molecule has 1 heterocycles. The minimum absolute atomic E-state index is 0.0373. The second-order valence-electron chi connectivity index (χ2n) is 4.01. The predicted molar refractivity (Wildman–Crippen MR) is 50.4 cm³/mol. The van der Waals surface area contributed by atoms with Crippen LogP contribution in [0.15, 0.2) is 0 Å². The third-order valence-corrected chi connectivity index (χ3v) is 2.65. The first-order chi connectivity index (χ1) is 6.38. The zero-order valence-corrected chi connectivity index (χ0v) is 8.70. The fourth-order valence-corrected chi connectivity index (χ4v) is 1.41. The molecule has 0 bridgehead atoms. The summed E-state index contributed by atoms with van der Waals surface area (Å²) < 4.78 is 0. The molecule has 2 N–H and O–H groups in total. The number of carbonyl (C=O) groups excluding carboxylic acids is 2. The van der Waals surface area contributed by atoms with Gasteiger partial charge in [0.05, 0.1) is 13.1 Å². The van der Waals surface area contributed by atoms with E-state index in [9.17, 15) is 14.7 Å². The van der Waals surface area contributed by atoms with Crippen molar-refractivity contribution in [3.63, 3.8) is 0 Å². The highest BCUT2D eigenvalue weighted by atomic mass is 16.3. The Morgan fingerprint density at radius 1 is 1.50 bits per heavy atom. The molecule has 1 rings (SSSR count). The van der Waals surface area contributed by atoms with Gasteiger partial charge in [0.1, 0.15) is 0 Å². The van der Waals surface area contributed by atoms with Crippen molar-refractivity contribution >= 4 is 11.8 Å². The van der Waals surface area contributed by atoms with Gasteiger partial charge in [-0.1, -0.05) is 13.8 Å². The van der Waals surface area contributed by atoms with Crippen LogP contribution in [0.4, 0.5) is 0 Å². The molecule has 80 valence electrons. The van der Waals surface area contributed by atoms with E-state index in [1.807, 2.05) is 0 Å². The number of carbonyl (C=O) groups is 2. The molecule has 1 fully saturated rings. The van der Waals surface area contributed by atoms with E-state index in [0.29, 0.717) is 0 Å². The molecule has 0 aliphatic carbocycles. The standard InChI is InChI=1S/C9H16N2O3/c1-6(2)9(14)5-11(3)7(12)4-10-8(9)13/h6,14H,4-5H2,1-3H3,(H,10,13). The zero-order chi connectivity index (χ0) is 10.9. The Morgan fingerprint density at radius 3 is 2.57 bits per heavy atom. The molecule has 5 heteroatoms. The van der Waals surface area contributed by atoms with Crippen LogP contribution in [0.2, 0.25) is 0 Å². The maximum absolute atomic E-state index is 11.5. The van der Waals surface area contributed by atoms with Gasteiger partial charge in [-0.05, 0) is 5.92 Å². The predicted octanol–water partition coefficient (Wildman–Crippen LogP) is -1.04. The Labute approximate surface area is 83.1 Å². The summed E-state index contributed by atoms with van der Waals surface area (Å²) in [5.41, 5.74) is -1.47. The topological polar surface area (TPSA) is 69.6 Å². The van der Waals surface area contributed by atoms with Crippen LogP contribution in [0.25, 0.3) is 0 Å². The van der Waals surface area contributed by atoms with Crippen molar-refractivity contribution in [1.29, 1.82) is 0 Å². The molecule has 2 amide bonds. The van der Waals surface area contributed by atoms with E-state index in [4.69, 9.17) is 0 Å². The van der Waals surface area contributed by atoms with Crippen molar-refractivity contribution in [2.75, 3.05) is 20.1 Å². The number of β-amino-alcohol motifs (C(OH)–C–C–N with tert-alkyl or cyclic N) is 1. The van der Waals surface area contributed by atoms with E-state index >= 15 is 0 Å². The lowest BCUT2D eigenvalue weighted by Gasteiger charge is -2.31. The van der Waals surface area contributed by atoms with Crippen LogP contribution in [0.1, 0.15) is 13.8 Å². The average molecular weight is 200 g/mol. The molecule has 1 unspecified atom stereocenters. The summed E-state index contributed by atoms with van der Waals surface area (Å²) in [5, 5.41) is 12.5. The average Bonchev–Trinajstić information content (AvgIpc) is 2.19. The lowest BCUT2D eigenvalue weighted by molar-refractivity contribution is -0.145. The number of hydrogen-bond donors (Lipinski definition) is 2. The summed E-state index contributed by atoms with van der Waals surface area (Å²) in [6.07, 6.45) is 0. The first-order valence-electron chi connectivity index (χ1n) is 4.62. The lowest BCUT2D eigenvalue weighted by Crippen LogP contribution is -2.53. The third-order valence-electron chi connectivity index (χ3n) is 2.65. The summed E-state index contributed by atoms with van der Waals surface area (Å²) in [5.74, 6) is -0.879. The van der Waals surface area contributed by atoms with Crippen molar-refractivity contribution in [3.05, 3.63) is 0 Å². The lowest BCUT2D eigenvalue weighted by atomic mass is 9.89. The molecule has 14 heavy (non-hydrogen) atoms. The van der Waals surface area contributed by atoms with Gasteiger partial charge < -0.3 is 15.3 Å². The van der Waals surface area contributed by atoms with Crippen LogP contribution in [0.3, 0.4) is 0 Å². The fourth-order valence-electron chi connectivity index (χ4n) is 1.41. The molecule has 0 saturated carbocycles. The zero-order valence-electron chi connectivity index (χ0n) is 8.70. The van der Waals surface area contributed by atoms with Crippen molar-refractivity contribution < 1.29 is 14.7 Å².